The Kier molecular flexibility index (Phi) is 5.12. The summed E-state index contributed by atoms with van der Waals surface area (Å²) in [5.74, 6) is 0.673. The molecule has 29 heavy (non-hydrogen) atoms. The first-order valence-corrected chi connectivity index (χ1v) is 12.4. The van der Waals surface area contributed by atoms with E-state index in [1.807, 2.05) is 0 Å². The Morgan fingerprint density at radius 2 is 1.93 bits per heavy atom. The molecule has 1 atom stereocenters. The molecular weight excluding hydrogens is 404 g/mol. The van der Waals surface area contributed by atoms with Crippen molar-refractivity contribution in [2.75, 3.05) is 18.5 Å². The number of fused-ring (bicyclic) bond motifs is 2. The highest BCUT2D eigenvalue weighted by atomic mass is 32.2. The number of rotatable bonds is 3. The van der Waals surface area contributed by atoms with Gasteiger partial charge in [0.2, 0.25) is 10.0 Å². The van der Waals surface area contributed by atoms with Crippen LogP contribution in [-0.2, 0) is 29.3 Å². The molecule has 2 aromatic rings. The summed E-state index contributed by atoms with van der Waals surface area (Å²) in [6.07, 6.45) is 3.95. The number of carbonyl (C=O) groups excluding carboxylic acids is 1. The van der Waals surface area contributed by atoms with Gasteiger partial charge in [0.15, 0.2) is 0 Å². The Bertz CT molecular complexity index is 1060. The fourth-order valence-electron chi connectivity index (χ4n) is 4.38. The first kappa shape index (κ1) is 20.6. The van der Waals surface area contributed by atoms with E-state index in [4.69, 9.17) is 0 Å². The van der Waals surface area contributed by atoms with E-state index < -0.39 is 10.0 Å². The second kappa shape index (κ2) is 7.22. The van der Waals surface area contributed by atoms with Crippen LogP contribution < -0.4 is 9.62 Å². The number of hydrogen-bond donors (Lipinski definition) is 1. The number of nitrogens with zero attached hydrogens (tertiary/aromatic N) is 1. The number of benzene rings is 1. The number of carbonyl (C=O) groups is 1. The summed E-state index contributed by atoms with van der Waals surface area (Å²) in [5, 5.41) is 0. The second-order valence-corrected chi connectivity index (χ2v) is 12.1. The maximum absolute atomic E-state index is 13.2. The zero-order valence-electron chi connectivity index (χ0n) is 17.4. The van der Waals surface area contributed by atoms with E-state index in [2.05, 4.69) is 31.6 Å². The lowest BCUT2D eigenvalue weighted by Crippen LogP contribution is -2.28. The van der Waals surface area contributed by atoms with Crippen molar-refractivity contribution in [1.29, 1.82) is 0 Å². The predicted molar refractivity (Wildman–Crippen MR) is 117 cm³/mol. The van der Waals surface area contributed by atoms with Crippen LogP contribution in [0.1, 0.15) is 52.9 Å². The maximum Gasteiger partial charge on any atom is 0.268 e. The molecule has 0 saturated heterocycles. The van der Waals surface area contributed by atoms with Crippen LogP contribution in [0.15, 0.2) is 29.2 Å². The van der Waals surface area contributed by atoms with Crippen LogP contribution in [0, 0.1) is 11.3 Å². The van der Waals surface area contributed by atoms with Crippen LogP contribution >= 0.6 is 11.3 Å². The van der Waals surface area contributed by atoms with Gasteiger partial charge in [0.1, 0.15) is 0 Å². The molecule has 1 aromatic carbocycles. The van der Waals surface area contributed by atoms with Crippen molar-refractivity contribution in [1.82, 2.24) is 4.72 Å². The molecule has 0 radical (unpaired) electrons. The topological polar surface area (TPSA) is 66.5 Å². The fraction of sp³-hybridized carbons (Fsp3) is 0.500. The van der Waals surface area contributed by atoms with Gasteiger partial charge in [-0.25, -0.2) is 13.1 Å². The molecule has 1 N–H and O–H groups in total. The van der Waals surface area contributed by atoms with E-state index in [0.717, 1.165) is 29.0 Å². The number of sulfonamides is 1. The summed E-state index contributed by atoms with van der Waals surface area (Å²) in [4.78, 5) is 17.4. The van der Waals surface area contributed by atoms with Crippen LogP contribution in [0.2, 0.25) is 0 Å². The Labute approximate surface area is 177 Å². The van der Waals surface area contributed by atoms with Crippen molar-refractivity contribution in [3.63, 3.8) is 0 Å². The molecule has 1 aliphatic heterocycles. The molecule has 156 valence electrons. The maximum atomic E-state index is 13.2. The summed E-state index contributed by atoms with van der Waals surface area (Å²) >= 11 is 1.63. The first-order chi connectivity index (χ1) is 13.6. The molecule has 2 aliphatic rings. The minimum Gasteiger partial charge on any atom is -0.307 e. The van der Waals surface area contributed by atoms with Gasteiger partial charge >= 0.3 is 0 Å². The zero-order chi connectivity index (χ0) is 21.0. The summed E-state index contributed by atoms with van der Waals surface area (Å²) in [7, 11) is -2.08. The van der Waals surface area contributed by atoms with Crippen molar-refractivity contribution >= 4 is 33.0 Å². The molecule has 1 aliphatic carbocycles. The molecule has 7 heteroatoms. The van der Waals surface area contributed by atoms with Gasteiger partial charge in [-0.3, -0.25) is 4.79 Å². The lowest BCUT2D eigenvalue weighted by atomic mass is 9.72. The van der Waals surface area contributed by atoms with Gasteiger partial charge in [-0.1, -0.05) is 20.8 Å². The van der Waals surface area contributed by atoms with Gasteiger partial charge in [0, 0.05) is 17.1 Å². The molecule has 1 unspecified atom stereocenters. The minimum atomic E-state index is -3.48. The predicted octanol–water partition coefficient (Wildman–Crippen LogP) is 4.01. The van der Waals surface area contributed by atoms with Crippen molar-refractivity contribution in [3.8, 4) is 0 Å². The highest BCUT2D eigenvalue weighted by molar-refractivity contribution is 7.89. The number of anilines is 1. The molecule has 0 bridgehead atoms. The molecule has 2 heterocycles. The average molecular weight is 433 g/mol. The van der Waals surface area contributed by atoms with Crippen molar-refractivity contribution in [2.24, 2.45) is 11.3 Å². The van der Waals surface area contributed by atoms with E-state index in [1.54, 1.807) is 34.4 Å². The van der Waals surface area contributed by atoms with Gasteiger partial charge in [-0.05, 0) is 79.5 Å². The Morgan fingerprint density at radius 3 is 2.62 bits per heavy atom. The minimum absolute atomic E-state index is 0.0275. The van der Waals surface area contributed by atoms with Crippen LogP contribution in [0.4, 0.5) is 5.69 Å². The van der Waals surface area contributed by atoms with E-state index in [-0.39, 0.29) is 16.2 Å². The van der Waals surface area contributed by atoms with E-state index in [1.165, 1.54) is 23.9 Å². The van der Waals surface area contributed by atoms with Crippen molar-refractivity contribution in [3.05, 3.63) is 45.1 Å². The summed E-state index contributed by atoms with van der Waals surface area (Å²) < 4.78 is 26.5. The molecule has 0 spiro atoms. The highest BCUT2D eigenvalue weighted by Crippen LogP contribution is 2.41. The standard InChI is InChI=1S/C22H28N2O3S2/c1-22(2,3)16-5-8-19-15(11-16)13-20(28-19)21(25)24-10-9-14-12-17(6-7-18(14)24)29(26,27)23-4/h6-7,12-13,16,23H,5,8-11H2,1-4H3. The number of amides is 1. The summed E-state index contributed by atoms with van der Waals surface area (Å²) in [6.45, 7) is 7.48. The van der Waals surface area contributed by atoms with Gasteiger partial charge < -0.3 is 4.90 Å². The average Bonchev–Trinajstić information content (AvgIpc) is 3.29. The smallest absolute Gasteiger partial charge is 0.268 e. The third kappa shape index (κ3) is 3.76. The molecule has 0 fully saturated rings. The first-order valence-electron chi connectivity index (χ1n) is 10.1. The van der Waals surface area contributed by atoms with Gasteiger partial charge in [-0.2, -0.15) is 0 Å². The molecule has 0 saturated carbocycles. The van der Waals surface area contributed by atoms with Gasteiger partial charge in [-0.15, -0.1) is 11.3 Å². The molecule has 5 nitrogen and oxygen atoms in total. The zero-order valence-corrected chi connectivity index (χ0v) is 19.0. The molecule has 1 aromatic heterocycles. The summed E-state index contributed by atoms with van der Waals surface area (Å²) in [5.41, 5.74) is 3.34. The van der Waals surface area contributed by atoms with E-state index in [0.29, 0.717) is 18.9 Å². The number of thiophene rings is 1. The van der Waals surface area contributed by atoms with Gasteiger partial charge in [0.05, 0.1) is 9.77 Å². The van der Waals surface area contributed by atoms with Crippen LogP contribution in [0.5, 0.6) is 0 Å². The number of aryl methyl sites for hydroxylation is 1. The SMILES string of the molecule is CNS(=O)(=O)c1ccc2c(c1)CCN2C(=O)c1cc2c(s1)CCC(C(C)(C)C)C2. The quantitative estimate of drug-likeness (QED) is 0.797. The van der Waals surface area contributed by atoms with Crippen molar-refractivity contribution < 1.29 is 13.2 Å². The summed E-state index contributed by atoms with van der Waals surface area (Å²) in [6, 6.07) is 7.11. The van der Waals surface area contributed by atoms with Crippen molar-refractivity contribution in [2.45, 2.75) is 51.3 Å². The third-order valence-corrected chi connectivity index (χ3v) is 8.93. The third-order valence-electron chi connectivity index (χ3n) is 6.29. The normalized spacial score (nSPS) is 19.2. The Morgan fingerprint density at radius 1 is 1.17 bits per heavy atom. The van der Waals surface area contributed by atoms with E-state index in [9.17, 15) is 13.2 Å². The number of hydrogen-bond acceptors (Lipinski definition) is 4. The van der Waals surface area contributed by atoms with Crippen LogP contribution in [0.25, 0.3) is 0 Å². The molecular formula is C22H28N2O3S2. The Balaban J connectivity index is 1.58. The monoisotopic (exact) mass is 432 g/mol. The highest BCUT2D eigenvalue weighted by Gasteiger charge is 2.32. The van der Waals surface area contributed by atoms with Crippen LogP contribution in [0.3, 0.4) is 0 Å². The van der Waals surface area contributed by atoms with Gasteiger partial charge in [0.25, 0.3) is 5.91 Å². The largest absolute Gasteiger partial charge is 0.307 e. The lowest BCUT2D eigenvalue weighted by Gasteiger charge is -2.33. The molecule has 4 rings (SSSR count). The Hall–Kier alpha value is -1.70. The number of nitrogens with one attached hydrogen (secondary N) is 1. The second-order valence-electron chi connectivity index (χ2n) is 9.07. The fourth-order valence-corrected chi connectivity index (χ4v) is 6.31. The lowest BCUT2D eigenvalue weighted by molar-refractivity contribution is 0.0993. The van der Waals surface area contributed by atoms with Crippen LogP contribution in [-0.4, -0.2) is 27.9 Å². The molecule has 1 amide bonds. The van der Waals surface area contributed by atoms with E-state index >= 15 is 0 Å².